The van der Waals surface area contributed by atoms with Gasteiger partial charge in [-0.1, -0.05) is 37.3 Å². The Kier molecular flexibility index (Phi) is 6.05. The Bertz CT molecular complexity index is 436. The fourth-order valence-electron chi connectivity index (χ4n) is 2.73. The third-order valence-corrected chi connectivity index (χ3v) is 4.21. The van der Waals surface area contributed by atoms with Crippen LogP contribution < -0.4 is 5.32 Å². The van der Waals surface area contributed by atoms with Crippen LogP contribution in [-0.4, -0.2) is 43.3 Å². The second-order valence-corrected chi connectivity index (χ2v) is 5.65. The van der Waals surface area contributed by atoms with Crippen LogP contribution in [0.4, 0.5) is 4.79 Å². The zero-order valence-electron chi connectivity index (χ0n) is 13.0. The highest BCUT2D eigenvalue weighted by molar-refractivity contribution is 5.74. The smallest absolute Gasteiger partial charge is 0.317 e. The molecular formula is C17H26N2O2. The zero-order valence-corrected chi connectivity index (χ0v) is 13.0. The molecule has 1 aliphatic rings. The highest BCUT2D eigenvalue weighted by Gasteiger charge is 2.22. The van der Waals surface area contributed by atoms with Crippen molar-refractivity contribution in [2.75, 3.05) is 26.3 Å². The van der Waals surface area contributed by atoms with Gasteiger partial charge in [0.05, 0.1) is 6.61 Å². The summed E-state index contributed by atoms with van der Waals surface area (Å²) < 4.78 is 5.44. The lowest BCUT2D eigenvalue weighted by atomic mass is 9.97. The number of carbonyl (C=O) groups is 1. The summed E-state index contributed by atoms with van der Waals surface area (Å²) in [7, 11) is 0. The maximum Gasteiger partial charge on any atom is 0.317 e. The van der Waals surface area contributed by atoms with Crippen LogP contribution in [0.25, 0.3) is 0 Å². The molecule has 0 aliphatic carbocycles. The van der Waals surface area contributed by atoms with Crippen molar-refractivity contribution in [1.82, 2.24) is 10.2 Å². The molecule has 116 valence electrons. The number of rotatable bonds is 4. The van der Waals surface area contributed by atoms with E-state index in [0.29, 0.717) is 25.6 Å². The Morgan fingerprint density at radius 2 is 2.14 bits per heavy atom. The molecular weight excluding hydrogens is 264 g/mol. The van der Waals surface area contributed by atoms with Crippen LogP contribution in [0.2, 0.25) is 0 Å². The number of carbonyl (C=O) groups excluding carboxylic acids is 1. The van der Waals surface area contributed by atoms with E-state index in [1.54, 1.807) is 0 Å². The Hall–Kier alpha value is -1.55. The highest BCUT2D eigenvalue weighted by atomic mass is 16.5. The number of hydrogen-bond donors (Lipinski definition) is 1. The maximum atomic E-state index is 12.4. The maximum absolute atomic E-state index is 12.4. The van der Waals surface area contributed by atoms with Crippen molar-refractivity contribution < 1.29 is 9.53 Å². The Morgan fingerprint density at radius 1 is 1.38 bits per heavy atom. The minimum atomic E-state index is 0.0300. The molecule has 0 spiro atoms. The third-order valence-electron chi connectivity index (χ3n) is 4.21. The first-order valence-corrected chi connectivity index (χ1v) is 7.89. The molecule has 2 atom stereocenters. The number of ether oxygens (including phenoxy) is 1. The standard InChI is InChI=1S/C17H26N2O2/c1-3-15(16-7-5-4-6-8-16)13-18-17(20)19-10-12-21-11-9-14(19)2/h4-8,14-15H,3,9-13H2,1-2H3,(H,18,20). The van der Waals surface area contributed by atoms with Crippen molar-refractivity contribution in [2.24, 2.45) is 0 Å². The summed E-state index contributed by atoms with van der Waals surface area (Å²) in [5.74, 6) is 0.369. The number of nitrogens with zero attached hydrogens (tertiary/aromatic N) is 1. The van der Waals surface area contributed by atoms with E-state index in [9.17, 15) is 4.79 Å². The van der Waals surface area contributed by atoms with Crippen LogP contribution in [0.1, 0.15) is 38.2 Å². The molecule has 0 aromatic heterocycles. The molecule has 1 N–H and O–H groups in total. The zero-order chi connectivity index (χ0) is 15.1. The second kappa shape index (κ2) is 8.03. The van der Waals surface area contributed by atoms with Gasteiger partial charge in [0.1, 0.15) is 0 Å². The predicted octanol–water partition coefficient (Wildman–Crippen LogP) is 3.00. The van der Waals surface area contributed by atoms with Crippen molar-refractivity contribution >= 4 is 6.03 Å². The summed E-state index contributed by atoms with van der Waals surface area (Å²) in [5, 5.41) is 3.09. The average Bonchev–Trinajstić information content (AvgIpc) is 2.73. The molecule has 1 aromatic carbocycles. The first-order chi connectivity index (χ1) is 10.2. The van der Waals surface area contributed by atoms with Gasteiger partial charge in [-0.2, -0.15) is 0 Å². The fraction of sp³-hybridized carbons (Fsp3) is 0.588. The van der Waals surface area contributed by atoms with Gasteiger partial charge in [-0.25, -0.2) is 4.79 Å². The molecule has 0 radical (unpaired) electrons. The molecule has 2 unspecified atom stereocenters. The van der Waals surface area contributed by atoms with Crippen molar-refractivity contribution in [3.63, 3.8) is 0 Å². The van der Waals surface area contributed by atoms with Crippen LogP contribution in [0.15, 0.2) is 30.3 Å². The van der Waals surface area contributed by atoms with Gasteiger partial charge in [-0.3, -0.25) is 0 Å². The summed E-state index contributed by atoms with van der Waals surface area (Å²) in [6.07, 6.45) is 1.92. The molecule has 4 nitrogen and oxygen atoms in total. The van der Waals surface area contributed by atoms with Gasteiger partial charge >= 0.3 is 6.03 Å². The van der Waals surface area contributed by atoms with Crippen LogP contribution in [0.3, 0.4) is 0 Å². The van der Waals surface area contributed by atoms with Crippen molar-refractivity contribution in [1.29, 1.82) is 0 Å². The number of nitrogens with one attached hydrogen (secondary N) is 1. The SMILES string of the molecule is CCC(CNC(=O)N1CCOCCC1C)c1ccccc1. The van der Waals surface area contributed by atoms with Crippen LogP contribution in [-0.2, 0) is 4.74 Å². The van der Waals surface area contributed by atoms with Crippen LogP contribution >= 0.6 is 0 Å². The minimum absolute atomic E-state index is 0.0300. The molecule has 2 amide bonds. The Morgan fingerprint density at radius 3 is 2.86 bits per heavy atom. The van der Waals surface area contributed by atoms with Gasteiger partial charge in [-0.05, 0) is 25.3 Å². The molecule has 21 heavy (non-hydrogen) atoms. The Labute approximate surface area is 127 Å². The van der Waals surface area contributed by atoms with Crippen LogP contribution in [0, 0.1) is 0 Å². The number of hydrogen-bond acceptors (Lipinski definition) is 2. The Balaban J connectivity index is 1.90. The van der Waals surface area contributed by atoms with Gasteiger partial charge in [-0.15, -0.1) is 0 Å². The lowest BCUT2D eigenvalue weighted by Crippen LogP contribution is -2.46. The predicted molar refractivity (Wildman–Crippen MR) is 84.5 cm³/mol. The molecule has 1 saturated heterocycles. The number of benzene rings is 1. The van der Waals surface area contributed by atoms with E-state index < -0.39 is 0 Å². The molecule has 1 aromatic rings. The van der Waals surface area contributed by atoms with Gasteiger partial charge in [0, 0.05) is 31.7 Å². The second-order valence-electron chi connectivity index (χ2n) is 5.65. The fourth-order valence-corrected chi connectivity index (χ4v) is 2.73. The largest absolute Gasteiger partial charge is 0.380 e. The quantitative estimate of drug-likeness (QED) is 0.926. The third kappa shape index (κ3) is 4.46. The first-order valence-electron chi connectivity index (χ1n) is 7.89. The highest BCUT2D eigenvalue weighted by Crippen LogP contribution is 2.18. The summed E-state index contributed by atoms with van der Waals surface area (Å²) in [6.45, 7) is 6.98. The van der Waals surface area contributed by atoms with E-state index >= 15 is 0 Å². The van der Waals surface area contributed by atoms with Gasteiger partial charge in [0.15, 0.2) is 0 Å². The van der Waals surface area contributed by atoms with E-state index in [0.717, 1.165) is 19.4 Å². The van der Waals surface area contributed by atoms with E-state index in [1.165, 1.54) is 5.56 Å². The first kappa shape index (κ1) is 15.8. The van der Waals surface area contributed by atoms with Gasteiger partial charge < -0.3 is 15.0 Å². The lowest BCUT2D eigenvalue weighted by molar-refractivity contribution is 0.142. The van der Waals surface area contributed by atoms with Gasteiger partial charge in [0.25, 0.3) is 0 Å². The molecule has 1 heterocycles. The van der Waals surface area contributed by atoms with E-state index in [2.05, 4.69) is 31.3 Å². The van der Waals surface area contributed by atoms with Gasteiger partial charge in [0.2, 0.25) is 0 Å². The topological polar surface area (TPSA) is 41.6 Å². The normalized spacial score (nSPS) is 20.7. The number of amides is 2. The monoisotopic (exact) mass is 290 g/mol. The summed E-state index contributed by atoms with van der Waals surface area (Å²) in [5.41, 5.74) is 1.28. The lowest BCUT2D eigenvalue weighted by Gasteiger charge is -2.27. The number of urea groups is 1. The molecule has 2 rings (SSSR count). The molecule has 1 aliphatic heterocycles. The average molecular weight is 290 g/mol. The molecule has 0 saturated carbocycles. The molecule has 0 bridgehead atoms. The van der Waals surface area contributed by atoms with Crippen molar-refractivity contribution in [2.45, 2.75) is 38.6 Å². The van der Waals surface area contributed by atoms with E-state index in [1.807, 2.05) is 23.1 Å². The molecule has 4 heteroatoms. The minimum Gasteiger partial charge on any atom is -0.380 e. The van der Waals surface area contributed by atoms with Crippen molar-refractivity contribution in [3.05, 3.63) is 35.9 Å². The summed E-state index contributed by atoms with van der Waals surface area (Å²) in [6, 6.07) is 10.6. The summed E-state index contributed by atoms with van der Waals surface area (Å²) in [4.78, 5) is 14.3. The van der Waals surface area contributed by atoms with E-state index in [-0.39, 0.29) is 12.1 Å². The van der Waals surface area contributed by atoms with E-state index in [4.69, 9.17) is 4.74 Å². The summed E-state index contributed by atoms with van der Waals surface area (Å²) >= 11 is 0. The van der Waals surface area contributed by atoms with Crippen LogP contribution in [0.5, 0.6) is 0 Å². The molecule has 1 fully saturated rings. The van der Waals surface area contributed by atoms with Crippen molar-refractivity contribution in [3.8, 4) is 0 Å².